The van der Waals surface area contributed by atoms with Crippen LogP contribution >= 0.6 is 34.9 Å². The summed E-state index contributed by atoms with van der Waals surface area (Å²) in [5, 5.41) is 4.53. The van der Waals surface area contributed by atoms with Gasteiger partial charge in [0.2, 0.25) is 0 Å². The number of aromatic nitrogens is 1. The molecule has 0 amide bonds. The molecule has 6 heteroatoms. The van der Waals surface area contributed by atoms with E-state index in [0.717, 1.165) is 5.69 Å². The number of carbonyl (C=O) groups is 1. The molecule has 1 saturated heterocycles. The number of aryl methyl sites for hydroxylation is 1. The highest BCUT2D eigenvalue weighted by Crippen LogP contribution is 2.44. The van der Waals surface area contributed by atoms with E-state index in [4.69, 9.17) is 9.72 Å². The first-order chi connectivity index (χ1) is 9.74. The van der Waals surface area contributed by atoms with Crippen molar-refractivity contribution >= 4 is 40.8 Å². The maximum Gasteiger partial charge on any atom is 0.306 e. The summed E-state index contributed by atoms with van der Waals surface area (Å²) < 4.78 is 4.95. The molecule has 1 aliphatic heterocycles. The zero-order chi connectivity index (χ0) is 14.4. The molecule has 2 rings (SSSR count). The monoisotopic (exact) mass is 331 g/mol. The van der Waals surface area contributed by atoms with Gasteiger partial charge in [0, 0.05) is 28.6 Å². The summed E-state index contributed by atoms with van der Waals surface area (Å²) in [7, 11) is 0. The fourth-order valence-electron chi connectivity index (χ4n) is 2.16. The molecule has 20 heavy (non-hydrogen) atoms. The molecule has 1 aromatic heterocycles. The molecule has 1 aliphatic rings. The topological polar surface area (TPSA) is 39.2 Å². The fraction of sp³-hybridized carbons (Fsp3) is 0.714. The van der Waals surface area contributed by atoms with Gasteiger partial charge in [-0.1, -0.05) is 6.92 Å². The Hall–Kier alpha value is -0.200. The number of thioether (sulfide) groups is 2. The number of nitrogens with zero attached hydrogens (tertiary/aromatic N) is 1. The normalized spacial score (nSPS) is 22.7. The predicted octanol–water partition coefficient (Wildman–Crippen LogP) is 3.94. The summed E-state index contributed by atoms with van der Waals surface area (Å²) in [6.45, 7) is 4.54. The number of carbonyl (C=O) groups excluding carboxylic acids is 1. The lowest BCUT2D eigenvalue weighted by molar-refractivity contribution is -0.143. The largest absolute Gasteiger partial charge is 0.466 e. The van der Waals surface area contributed by atoms with Crippen LogP contribution < -0.4 is 0 Å². The van der Waals surface area contributed by atoms with Gasteiger partial charge in [-0.05, 0) is 13.3 Å². The van der Waals surface area contributed by atoms with Crippen LogP contribution in [0, 0.1) is 0 Å². The Morgan fingerprint density at radius 3 is 2.95 bits per heavy atom. The Bertz CT molecular complexity index is 436. The molecule has 0 aromatic carbocycles. The van der Waals surface area contributed by atoms with E-state index in [-0.39, 0.29) is 5.97 Å². The van der Waals surface area contributed by atoms with E-state index in [1.165, 1.54) is 22.9 Å². The maximum absolute atomic E-state index is 11.4. The molecule has 2 atom stereocenters. The first kappa shape index (κ1) is 16.2. The molecule has 0 bridgehead atoms. The van der Waals surface area contributed by atoms with Gasteiger partial charge in [-0.25, -0.2) is 4.98 Å². The standard InChI is InChI=1S/C14H21NO2S3/c1-3-11-13(19-8-7-18-11)14-15-10(9-20-14)5-6-12(16)17-4-2/h9,11,13H,3-8H2,1-2H3. The third-order valence-electron chi connectivity index (χ3n) is 3.16. The molecule has 2 unspecified atom stereocenters. The third-order valence-corrected chi connectivity index (χ3v) is 7.54. The number of esters is 1. The van der Waals surface area contributed by atoms with Gasteiger partial charge in [0.1, 0.15) is 5.01 Å². The lowest BCUT2D eigenvalue weighted by Crippen LogP contribution is -2.18. The SMILES string of the molecule is CCOC(=O)CCc1csc(C2SCCSC2CC)n1. The van der Waals surface area contributed by atoms with Gasteiger partial charge in [0.05, 0.1) is 24.0 Å². The Balaban J connectivity index is 1.92. The minimum Gasteiger partial charge on any atom is -0.466 e. The van der Waals surface area contributed by atoms with Crippen LogP contribution in [0.5, 0.6) is 0 Å². The first-order valence-electron chi connectivity index (χ1n) is 7.07. The smallest absolute Gasteiger partial charge is 0.306 e. The molecule has 2 heterocycles. The van der Waals surface area contributed by atoms with Gasteiger partial charge in [-0.3, -0.25) is 4.79 Å². The predicted molar refractivity (Wildman–Crippen MR) is 88.8 cm³/mol. The van der Waals surface area contributed by atoms with Gasteiger partial charge in [-0.2, -0.15) is 11.8 Å². The van der Waals surface area contributed by atoms with E-state index < -0.39 is 0 Å². The Morgan fingerprint density at radius 2 is 2.20 bits per heavy atom. The zero-order valence-corrected chi connectivity index (χ0v) is 14.4. The van der Waals surface area contributed by atoms with Crippen molar-refractivity contribution in [2.24, 2.45) is 0 Å². The minimum absolute atomic E-state index is 0.129. The van der Waals surface area contributed by atoms with Crippen molar-refractivity contribution in [2.45, 2.75) is 43.6 Å². The van der Waals surface area contributed by atoms with Crippen LogP contribution in [0.3, 0.4) is 0 Å². The average molecular weight is 332 g/mol. The Labute approximate surface area is 133 Å². The van der Waals surface area contributed by atoms with Crippen molar-refractivity contribution in [3.8, 4) is 0 Å². The summed E-state index contributed by atoms with van der Waals surface area (Å²) in [5.74, 6) is 2.33. The van der Waals surface area contributed by atoms with E-state index in [9.17, 15) is 4.79 Å². The molecule has 1 fully saturated rings. The average Bonchev–Trinajstić information content (AvgIpc) is 2.94. The highest BCUT2D eigenvalue weighted by Gasteiger charge is 2.28. The third kappa shape index (κ3) is 4.40. The van der Waals surface area contributed by atoms with Gasteiger partial charge in [0.15, 0.2) is 0 Å². The molecular formula is C14H21NO2S3. The lowest BCUT2D eigenvalue weighted by Gasteiger charge is -2.28. The number of thiazole rings is 1. The number of ether oxygens (including phenoxy) is 1. The highest BCUT2D eigenvalue weighted by molar-refractivity contribution is 8.06. The summed E-state index contributed by atoms with van der Waals surface area (Å²) in [6, 6.07) is 0. The van der Waals surface area contributed by atoms with Crippen LogP contribution in [-0.4, -0.2) is 34.3 Å². The van der Waals surface area contributed by atoms with Crippen molar-refractivity contribution in [1.82, 2.24) is 4.98 Å². The molecule has 0 N–H and O–H groups in total. The number of hydrogen-bond acceptors (Lipinski definition) is 6. The van der Waals surface area contributed by atoms with Crippen molar-refractivity contribution in [1.29, 1.82) is 0 Å². The zero-order valence-electron chi connectivity index (χ0n) is 12.0. The fourth-order valence-corrected chi connectivity index (χ4v) is 6.46. The number of hydrogen-bond donors (Lipinski definition) is 0. The molecule has 112 valence electrons. The number of rotatable bonds is 6. The second kappa shape index (κ2) is 8.29. The second-order valence-corrected chi connectivity index (χ2v) is 8.08. The molecule has 0 spiro atoms. The molecule has 0 saturated carbocycles. The minimum atomic E-state index is -0.129. The van der Waals surface area contributed by atoms with Gasteiger partial charge in [0.25, 0.3) is 0 Å². The van der Waals surface area contributed by atoms with Crippen LogP contribution in [0.1, 0.15) is 42.6 Å². The quantitative estimate of drug-likeness (QED) is 0.738. The van der Waals surface area contributed by atoms with Crippen LogP contribution in [0.25, 0.3) is 0 Å². The summed E-state index contributed by atoms with van der Waals surface area (Å²) in [6.07, 6.45) is 2.32. The van der Waals surface area contributed by atoms with Crippen molar-refractivity contribution in [3.05, 3.63) is 16.1 Å². The summed E-state index contributed by atoms with van der Waals surface area (Å²) in [5.41, 5.74) is 1.03. The van der Waals surface area contributed by atoms with E-state index in [0.29, 0.717) is 29.9 Å². The second-order valence-electron chi connectivity index (χ2n) is 4.59. The molecule has 1 aromatic rings. The molecule has 0 radical (unpaired) electrons. The van der Waals surface area contributed by atoms with Gasteiger partial charge in [-0.15, -0.1) is 23.1 Å². The van der Waals surface area contributed by atoms with Crippen LogP contribution in [0.4, 0.5) is 0 Å². The van der Waals surface area contributed by atoms with E-state index in [1.54, 1.807) is 11.3 Å². The summed E-state index contributed by atoms with van der Waals surface area (Å²) >= 11 is 5.85. The van der Waals surface area contributed by atoms with E-state index in [2.05, 4.69) is 24.1 Å². The van der Waals surface area contributed by atoms with E-state index >= 15 is 0 Å². The molecule has 3 nitrogen and oxygen atoms in total. The molecular weight excluding hydrogens is 310 g/mol. The van der Waals surface area contributed by atoms with E-state index in [1.807, 2.05) is 18.7 Å². The van der Waals surface area contributed by atoms with Gasteiger partial charge >= 0.3 is 5.97 Å². The van der Waals surface area contributed by atoms with Crippen LogP contribution in [-0.2, 0) is 16.0 Å². The maximum atomic E-state index is 11.4. The van der Waals surface area contributed by atoms with Crippen molar-refractivity contribution < 1.29 is 9.53 Å². The van der Waals surface area contributed by atoms with Crippen molar-refractivity contribution in [2.75, 3.05) is 18.1 Å². The Morgan fingerprint density at radius 1 is 1.40 bits per heavy atom. The first-order valence-corrected chi connectivity index (χ1v) is 10.1. The highest BCUT2D eigenvalue weighted by atomic mass is 32.2. The van der Waals surface area contributed by atoms with Crippen LogP contribution in [0.2, 0.25) is 0 Å². The van der Waals surface area contributed by atoms with Crippen molar-refractivity contribution in [3.63, 3.8) is 0 Å². The van der Waals surface area contributed by atoms with Crippen LogP contribution in [0.15, 0.2) is 5.38 Å². The Kier molecular flexibility index (Phi) is 6.71. The lowest BCUT2D eigenvalue weighted by atomic mass is 10.2. The van der Waals surface area contributed by atoms with Gasteiger partial charge < -0.3 is 4.74 Å². The summed E-state index contributed by atoms with van der Waals surface area (Å²) in [4.78, 5) is 16.1. The molecule has 0 aliphatic carbocycles.